The van der Waals surface area contributed by atoms with E-state index in [0.717, 1.165) is 5.56 Å². The average Bonchev–Trinajstić information content (AvgIpc) is 2.40. The van der Waals surface area contributed by atoms with Crippen LogP contribution < -0.4 is 10.6 Å². The van der Waals surface area contributed by atoms with Crippen molar-refractivity contribution >= 4 is 12.0 Å². The van der Waals surface area contributed by atoms with Gasteiger partial charge in [-0.05, 0) is 31.0 Å². The van der Waals surface area contributed by atoms with Crippen molar-refractivity contribution in [2.75, 3.05) is 13.7 Å². The van der Waals surface area contributed by atoms with Crippen LogP contribution >= 0.6 is 0 Å². The highest BCUT2D eigenvalue weighted by atomic mass is 19.1. The summed E-state index contributed by atoms with van der Waals surface area (Å²) in [5.74, 6) is -0.796. The summed E-state index contributed by atoms with van der Waals surface area (Å²) in [6, 6.07) is 4.91. The minimum absolute atomic E-state index is 0.290. The maximum absolute atomic E-state index is 12.7. The van der Waals surface area contributed by atoms with Crippen molar-refractivity contribution < 1.29 is 18.7 Å². The zero-order valence-electron chi connectivity index (χ0n) is 10.9. The summed E-state index contributed by atoms with van der Waals surface area (Å²) in [7, 11) is 1.26. The predicted octanol–water partition coefficient (Wildman–Crippen LogP) is 1.23. The summed E-state index contributed by atoms with van der Waals surface area (Å²) in [5, 5.41) is 5.05. The lowest BCUT2D eigenvalue weighted by molar-refractivity contribution is -0.142. The third-order valence-corrected chi connectivity index (χ3v) is 2.51. The molecule has 2 N–H and O–H groups in total. The van der Waals surface area contributed by atoms with Crippen molar-refractivity contribution in [2.24, 2.45) is 0 Å². The molecule has 2 amide bonds. The molecule has 0 spiro atoms. The van der Waals surface area contributed by atoms with Crippen molar-refractivity contribution in [1.82, 2.24) is 10.6 Å². The Labute approximate surface area is 111 Å². The van der Waals surface area contributed by atoms with E-state index in [-0.39, 0.29) is 5.82 Å². The van der Waals surface area contributed by atoms with Gasteiger partial charge in [0.05, 0.1) is 7.11 Å². The van der Waals surface area contributed by atoms with E-state index < -0.39 is 18.0 Å². The van der Waals surface area contributed by atoms with Crippen molar-refractivity contribution in [3.63, 3.8) is 0 Å². The van der Waals surface area contributed by atoms with Crippen LogP contribution in [0.25, 0.3) is 0 Å². The van der Waals surface area contributed by atoms with Gasteiger partial charge in [-0.15, -0.1) is 0 Å². The highest BCUT2D eigenvalue weighted by Gasteiger charge is 2.14. The lowest BCUT2D eigenvalue weighted by Gasteiger charge is -2.12. The number of nitrogens with one attached hydrogen (secondary N) is 2. The summed E-state index contributed by atoms with van der Waals surface area (Å²) < 4.78 is 17.1. The fourth-order valence-corrected chi connectivity index (χ4v) is 1.45. The number of carbonyl (C=O) groups excluding carboxylic acids is 2. The average molecular weight is 268 g/mol. The Morgan fingerprint density at radius 2 is 1.95 bits per heavy atom. The van der Waals surface area contributed by atoms with Gasteiger partial charge in [0.25, 0.3) is 0 Å². The minimum atomic E-state index is -0.698. The standard InChI is InChI=1S/C13H17FN2O3/c1-9(12(17)19-2)16-13(18)15-8-7-10-3-5-11(14)6-4-10/h3-6,9H,7-8H2,1-2H3,(H2,15,16,18). The van der Waals surface area contributed by atoms with E-state index in [1.807, 2.05) is 0 Å². The first kappa shape index (κ1) is 14.9. The van der Waals surface area contributed by atoms with Gasteiger partial charge >= 0.3 is 12.0 Å². The fourth-order valence-electron chi connectivity index (χ4n) is 1.45. The lowest BCUT2D eigenvalue weighted by atomic mass is 10.1. The number of carbonyl (C=O) groups is 2. The largest absolute Gasteiger partial charge is 0.467 e. The Balaban J connectivity index is 2.27. The Kier molecular flexibility index (Phi) is 5.78. The first-order valence-corrected chi connectivity index (χ1v) is 5.89. The molecule has 0 aliphatic rings. The summed E-state index contributed by atoms with van der Waals surface area (Å²) in [5.41, 5.74) is 0.919. The van der Waals surface area contributed by atoms with Crippen molar-refractivity contribution in [3.05, 3.63) is 35.6 Å². The third-order valence-electron chi connectivity index (χ3n) is 2.51. The van der Waals surface area contributed by atoms with E-state index in [0.29, 0.717) is 13.0 Å². The molecule has 1 unspecified atom stereocenters. The Bertz CT molecular complexity index is 434. The van der Waals surface area contributed by atoms with Gasteiger partial charge in [0, 0.05) is 6.54 Å². The quantitative estimate of drug-likeness (QED) is 0.789. The zero-order valence-corrected chi connectivity index (χ0v) is 10.9. The molecular weight excluding hydrogens is 251 g/mol. The number of urea groups is 1. The van der Waals surface area contributed by atoms with E-state index >= 15 is 0 Å². The number of ether oxygens (including phenoxy) is 1. The highest BCUT2D eigenvalue weighted by molar-refractivity contribution is 5.83. The van der Waals surface area contributed by atoms with Crippen LogP contribution in [0.15, 0.2) is 24.3 Å². The molecule has 0 aliphatic heterocycles. The predicted molar refractivity (Wildman–Crippen MR) is 68.1 cm³/mol. The highest BCUT2D eigenvalue weighted by Crippen LogP contribution is 2.02. The van der Waals surface area contributed by atoms with Crippen LogP contribution in [0.2, 0.25) is 0 Å². The Morgan fingerprint density at radius 1 is 1.32 bits per heavy atom. The van der Waals surface area contributed by atoms with Gasteiger partial charge < -0.3 is 15.4 Å². The molecule has 0 heterocycles. The van der Waals surface area contributed by atoms with Crippen LogP contribution in [-0.4, -0.2) is 31.7 Å². The SMILES string of the molecule is COC(=O)C(C)NC(=O)NCCc1ccc(F)cc1. The summed E-state index contributed by atoms with van der Waals surface area (Å²) in [6.45, 7) is 1.93. The van der Waals surface area contributed by atoms with E-state index in [9.17, 15) is 14.0 Å². The first-order chi connectivity index (χ1) is 9.02. The van der Waals surface area contributed by atoms with Crippen LogP contribution in [-0.2, 0) is 16.0 Å². The number of hydrogen-bond acceptors (Lipinski definition) is 3. The molecule has 0 bridgehead atoms. The Morgan fingerprint density at radius 3 is 2.53 bits per heavy atom. The van der Waals surface area contributed by atoms with Crippen LogP contribution in [0.3, 0.4) is 0 Å². The number of amides is 2. The summed E-state index contributed by atoms with van der Waals surface area (Å²) in [4.78, 5) is 22.5. The van der Waals surface area contributed by atoms with Crippen LogP contribution in [0.4, 0.5) is 9.18 Å². The number of esters is 1. The second kappa shape index (κ2) is 7.35. The fraction of sp³-hybridized carbons (Fsp3) is 0.385. The molecule has 0 aliphatic carbocycles. The molecule has 0 fully saturated rings. The molecule has 19 heavy (non-hydrogen) atoms. The van der Waals surface area contributed by atoms with Gasteiger partial charge in [0.2, 0.25) is 0 Å². The smallest absolute Gasteiger partial charge is 0.328 e. The molecule has 6 heteroatoms. The first-order valence-electron chi connectivity index (χ1n) is 5.89. The second-order valence-electron chi connectivity index (χ2n) is 4.02. The van der Waals surface area contributed by atoms with Crippen LogP contribution in [0, 0.1) is 5.82 Å². The molecule has 104 valence electrons. The summed E-state index contributed by atoms with van der Waals surface area (Å²) in [6.07, 6.45) is 0.584. The van der Waals surface area contributed by atoms with Gasteiger partial charge in [-0.2, -0.15) is 0 Å². The number of methoxy groups -OCH3 is 1. The molecule has 0 saturated carbocycles. The maximum atomic E-state index is 12.7. The number of halogens is 1. The van der Waals surface area contributed by atoms with E-state index in [2.05, 4.69) is 15.4 Å². The van der Waals surface area contributed by atoms with Gasteiger partial charge in [-0.25, -0.2) is 14.0 Å². The third kappa shape index (κ3) is 5.37. The number of rotatable bonds is 5. The van der Waals surface area contributed by atoms with E-state index in [4.69, 9.17) is 0 Å². The normalized spacial score (nSPS) is 11.5. The second-order valence-corrected chi connectivity index (χ2v) is 4.02. The van der Waals surface area contributed by atoms with Crippen molar-refractivity contribution in [3.8, 4) is 0 Å². The van der Waals surface area contributed by atoms with Gasteiger partial charge in [0.1, 0.15) is 11.9 Å². The van der Waals surface area contributed by atoms with Crippen LogP contribution in [0.1, 0.15) is 12.5 Å². The molecule has 1 aromatic rings. The lowest BCUT2D eigenvalue weighted by Crippen LogP contribution is -2.45. The molecule has 1 rings (SSSR count). The number of hydrogen-bond donors (Lipinski definition) is 2. The molecule has 1 atom stereocenters. The van der Waals surface area contributed by atoms with Crippen molar-refractivity contribution in [1.29, 1.82) is 0 Å². The topological polar surface area (TPSA) is 67.4 Å². The minimum Gasteiger partial charge on any atom is -0.467 e. The van der Waals surface area contributed by atoms with Crippen LogP contribution in [0.5, 0.6) is 0 Å². The molecule has 0 saturated heterocycles. The molecule has 5 nitrogen and oxygen atoms in total. The van der Waals surface area contributed by atoms with Gasteiger partial charge in [0.15, 0.2) is 0 Å². The molecule has 0 aromatic heterocycles. The van der Waals surface area contributed by atoms with E-state index in [1.165, 1.54) is 26.2 Å². The maximum Gasteiger partial charge on any atom is 0.328 e. The summed E-state index contributed by atoms with van der Waals surface area (Å²) >= 11 is 0. The molecule has 1 aromatic carbocycles. The molecule has 0 radical (unpaired) electrons. The van der Waals surface area contributed by atoms with Crippen molar-refractivity contribution in [2.45, 2.75) is 19.4 Å². The Hall–Kier alpha value is -2.11. The zero-order chi connectivity index (χ0) is 14.3. The molecular formula is C13H17FN2O3. The van der Waals surface area contributed by atoms with Gasteiger partial charge in [-0.3, -0.25) is 0 Å². The monoisotopic (exact) mass is 268 g/mol. The van der Waals surface area contributed by atoms with E-state index in [1.54, 1.807) is 12.1 Å². The van der Waals surface area contributed by atoms with Gasteiger partial charge in [-0.1, -0.05) is 12.1 Å². The number of benzene rings is 1.